The van der Waals surface area contributed by atoms with Gasteiger partial charge in [0.15, 0.2) is 0 Å². The highest BCUT2D eigenvalue weighted by atomic mass is 16.5. The maximum absolute atomic E-state index is 5.67. The number of aryl methyl sites for hydroxylation is 2. The van der Waals surface area contributed by atoms with Crippen molar-refractivity contribution in [2.45, 2.75) is 33.6 Å². The highest BCUT2D eigenvalue weighted by Gasteiger charge is 2.00. The van der Waals surface area contributed by atoms with E-state index < -0.39 is 0 Å². The van der Waals surface area contributed by atoms with E-state index in [-0.39, 0.29) is 0 Å². The molecule has 0 saturated heterocycles. The number of benzene rings is 2. The van der Waals surface area contributed by atoms with E-state index in [1.165, 1.54) is 16.8 Å². The number of para-hydroxylation sites is 1. The number of nitrogens with one attached hydrogen (secondary N) is 2. The first-order valence-corrected chi connectivity index (χ1v) is 8.47. The minimum atomic E-state index is 0.795. The molecule has 23 heavy (non-hydrogen) atoms. The monoisotopic (exact) mass is 312 g/mol. The van der Waals surface area contributed by atoms with Gasteiger partial charge in [0.05, 0.1) is 6.61 Å². The molecule has 0 aliphatic heterocycles. The summed E-state index contributed by atoms with van der Waals surface area (Å²) < 4.78 is 5.67. The Morgan fingerprint density at radius 2 is 1.52 bits per heavy atom. The van der Waals surface area contributed by atoms with Crippen LogP contribution in [0.25, 0.3) is 0 Å². The fourth-order valence-corrected chi connectivity index (χ4v) is 2.49. The minimum absolute atomic E-state index is 0.795. The smallest absolute Gasteiger partial charge is 0.119 e. The molecule has 0 radical (unpaired) electrons. The molecule has 0 spiro atoms. The molecule has 0 heterocycles. The third kappa shape index (κ3) is 5.51. The molecule has 0 bridgehead atoms. The number of unbranched alkanes of at least 4 members (excludes halogenated alkanes) is 1. The summed E-state index contributed by atoms with van der Waals surface area (Å²) in [6.45, 7) is 9.01. The number of hydrogen-bond acceptors (Lipinski definition) is 3. The Bertz CT molecular complexity index is 573. The van der Waals surface area contributed by atoms with E-state index in [0.717, 1.165) is 44.0 Å². The van der Waals surface area contributed by atoms with Crippen LogP contribution in [0.2, 0.25) is 0 Å². The molecule has 0 unspecified atom stereocenters. The van der Waals surface area contributed by atoms with Crippen LogP contribution in [0.1, 0.15) is 30.9 Å². The molecule has 0 aliphatic rings. The van der Waals surface area contributed by atoms with Crippen LogP contribution in [-0.2, 0) is 0 Å². The van der Waals surface area contributed by atoms with Gasteiger partial charge in [-0.1, -0.05) is 31.5 Å². The van der Waals surface area contributed by atoms with Crippen molar-refractivity contribution >= 4 is 11.4 Å². The molecule has 2 N–H and O–H groups in total. The lowest BCUT2D eigenvalue weighted by Crippen LogP contribution is -2.14. The lowest BCUT2D eigenvalue weighted by Gasteiger charge is -2.13. The Hall–Kier alpha value is -2.16. The van der Waals surface area contributed by atoms with Crippen LogP contribution < -0.4 is 15.4 Å². The molecule has 0 aliphatic carbocycles. The van der Waals surface area contributed by atoms with Crippen molar-refractivity contribution in [3.05, 3.63) is 53.6 Å². The number of anilines is 2. The van der Waals surface area contributed by atoms with Gasteiger partial charge in [0.2, 0.25) is 0 Å². The van der Waals surface area contributed by atoms with Crippen LogP contribution in [0.3, 0.4) is 0 Å². The first-order valence-electron chi connectivity index (χ1n) is 8.47. The Balaban J connectivity index is 1.74. The second-order valence-electron chi connectivity index (χ2n) is 5.85. The van der Waals surface area contributed by atoms with Crippen molar-refractivity contribution in [2.75, 3.05) is 30.3 Å². The van der Waals surface area contributed by atoms with Crippen LogP contribution >= 0.6 is 0 Å². The van der Waals surface area contributed by atoms with Crippen molar-refractivity contribution in [3.8, 4) is 5.75 Å². The van der Waals surface area contributed by atoms with Gasteiger partial charge in [0, 0.05) is 24.5 Å². The first kappa shape index (κ1) is 17.2. The maximum atomic E-state index is 5.67. The largest absolute Gasteiger partial charge is 0.494 e. The van der Waals surface area contributed by atoms with E-state index in [9.17, 15) is 0 Å². The average Bonchev–Trinajstić information content (AvgIpc) is 2.55. The number of hydrogen-bond donors (Lipinski definition) is 2. The average molecular weight is 312 g/mol. The van der Waals surface area contributed by atoms with E-state index in [2.05, 4.69) is 61.7 Å². The highest BCUT2D eigenvalue weighted by molar-refractivity contribution is 5.56. The lowest BCUT2D eigenvalue weighted by atomic mass is 10.1. The van der Waals surface area contributed by atoms with Gasteiger partial charge in [0.25, 0.3) is 0 Å². The van der Waals surface area contributed by atoms with Gasteiger partial charge in [0.1, 0.15) is 5.75 Å². The minimum Gasteiger partial charge on any atom is -0.494 e. The Kier molecular flexibility index (Phi) is 6.79. The van der Waals surface area contributed by atoms with E-state index >= 15 is 0 Å². The molecule has 3 heteroatoms. The van der Waals surface area contributed by atoms with Gasteiger partial charge in [-0.2, -0.15) is 0 Å². The molecule has 2 aromatic rings. The summed E-state index contributed by atoms with van der Waals surface area (Å²) in [5.74, 6) is 0.942. The van der Waals surface area contributed by atoms with Crippen LogP contribution in [-0.4, -0.2) is 19.7 Å². The quantitative estimate of drug-likeness (QED) is 0.639. The van der Waals surface area contributed by atoms with Crippen LogP contribution in [0, 0.1) is 13.8 Å². The zero-order chi connectivity index (χ0) is 16.5. The van der Waals surface area contributed by atoms with Gasteiger partial charge in [-0.15, -0.1) is 0 Å². The van der Waals surface area contributed by atoms with Crippen molar-refractivity contribution in [2.24, 2.45) is 0 Å². The summed E-state index contributed by atoms with van der Waals surface area (Å²) >= 11 is 0. The maximum Gasteiger partial charge on any atom is 0.119 e. The standard InChI is InChI=1S/C20H28N2O/c1-4-5-15-23-19-11-9-18(10-12-19)21-13-14-22-20-16(2)7-6-8-17(20)3/h6-12,21-22H,4-5,13-15H2,1-3H3. The Morgan fingerprint density at radius 1 is 0.870 bits per heavy atom. The van der Waals surface area contributed by atoms with Gasteiger partial charge in [-0.3, -0.25) is 0 Å². The molecular weight excluding hydrogens is 284 g/mol. The molecule has 0 saturated carbocycles. The Morgan fingerprint density at radius 3 is 2.17 bits per heavy atom. The van der Waals surface area contributed by atoms with Crippen molar-refractivity contribution in [3.63, 3.8) is 0 Å². The zero-order valence-corrected chi connectivity index (χ0v) is 14.5. The molecule has 0 atom stereocenters. The summed E-state index contributed by atoms with van der Waals surface area (Å²) in [6, 6.07) is 14.6. The van der Waals surface area contributed by atoms with E-state index in [1.54, 1.807) is 0 Å². The van der Waals surface area contributed by atoms with E-state index in [4.69, 9.17) is 4.74 Å². The predicted octanol–water partition coefficient (Wildman–Crippen LogP) is 5.01. The third-order valence-corrected chi connectivity index (χ3v) is 3.86. The molecular formula is C20H28N2O. The van der Waals surface area contributed by atoms with Crippen LogP contribution in [0.15, 0.2) is 42.5 Å². The molecule has 2 rings (SSSR count). The van der Waals surface area contributed by atoms with Crippen molar-refractivity contribution in [1.29, 1.82) is 0 Å². The van der Waals surface area contributed by atoms with E-state index in [0.29, 0.717) is 0 Å². The fourth-order valence-electron chi connectivity index (χ4n) is 2.49. The summed E-state index contributed by atoms with van der Waals surface area (Å²) in [4.78, 5) is 0. The molecule has 0 aromatic heterocycles. The number of rotatable bonds is 9. The lowest BCUT2D eigenvalue weighted by molar-refractivity contribution is 0.309. The summed E-state index contributed by atoms with van der Waals surface area (Å²) in [5.41, 5.74) is 4.95. The normalized spacial score (nSPS) is 10.4. The molecule has 0 fully saturated rings. The second-order valence-corrected chi connectivity index (χ2v) is 5.85. The van der Waals surface area contributed by atoms with Gasteiger partial charge in [-0.05, 0) is 55.7 Å². The first-order chi connectivity index (χ1) is 11.2. The SMILES string of the molecule is CCCCOc1ccc(NCCNc2c(C)cccc2C)cc1. The molecule has 2 aromatic carbocycles. The van der Waals surface area contributed by atoms with Crippen LogP contribution in [0.4, 0.5) is 11.4 Å². The molecule has 3 nitrogen and oxygen atoms in total. The van der Waals surface area contributed by atoms with Crippen molar-refractivity contribution in [1.82, 2.24) is 0 Å². The van der Waals surface area contributed by atoms with Gasteiger partial charge in [-0.25, -0.2) is 0 Å². The fraction of sp³-hybridized carbons (Fsp3) is 0.400. The Labute approximate surface area is 140 Å². The molecule has 124 valence electrons. The van der Waals surface area contributed by atoms with Crippen LogP contribution in [0.5, 0.6) is 5.75 Å². The third-order valence-electron chi connectivity index (χ3n) is 3.86. The zero-order valence-electron chi connectivity index (χ0n) is 14.5. The summed E-state index contributed by atoms with van der Waals surface area (Å²) in [5, 5.41) is 6.94. The molecule has 0 amide bonds. The predicted molar refractivity (Wildman–Crippen MR) is 99.7 cm³/mol. The summed E-state index contributed by atoms with van der Waals surface area (Å²) in [7, 11) is 0. The van der Waals surface area contributed by atoms with Gasteiger partial charge < -0.3 is 15.4 Å². The van der Waals surface area contributed by atoms with Gasteiger partial charge >= 0.3 is 0 Å². The summed E-state index contributed by atoms with van der Waals surface area (Å²) in [6.07, 6.45) is 2.26. The van der Waals surface area contributed by atoms with E-state index in [1.807, 2.05) is 12.1 Å². The topological polar surface area (TPSA) is 33.3 Å². The highest BCUT2D eigenvalue weighted by Crippen LogP contribution is 2.19. The second kappa shape index (κ2) is 9.09. The van der Waals surface area contributed by atoms with Crippen molar-refractivity contribution < 1.29 is 4.74 Å². The number of ether oxygens (including phenoxy) is 1.